The van der Waals surface area contributed by atoms with E-state index in [4.69, 9.17) is 11.6 Å². The van der Waals surface area contributed by atoms with Crippen molar-refractivity contribution in [3.8, 4) is 0 Å². The molecule has 1 aliphatic rings. The summed E-state index contributed by atoms with van der Waals surface area (Å²) in [6.45, 7) is 4.34. The third-order valence-corrected chi connectivity index (χ3v) is 4.21. The van der Waals surface area contributed by atoms with Crippen molar-refractivity contribution in [1.82, 2.24) is 10.3 Å². The Morgan fingerprint density at radius 3 is 3.00 bits per heavy atom. The number of aromatic nitrogens is 1. The summed E-state index contributed by atoms with van der Waals surface area (Å²) in [7, 11) is 0. The molecule has 17 heavy (non-hydrogen) atoms. The summed E-state index contributed by atoms with van der Waals surface area (Å²) >= 11 is 6.07. The van der Waals surface area contributed by atoms with Crippen LogP contribution in [-0.2, 0) is 6.54 Å². The lowest BCUT2D eigenvalue weighted by Gasteiger charge is -2.28. The van der Waals surface area contributed by atoms with Gasteiger partial charge in [-0.05, 0) is 36.4 Å². The lowest BCUT2D eigenvalue weighted by Crippen LogP contribution is -2.29. The van der Waals surface area contributed by atoms with E-state index in [1.54, 1.807) is 12.4 Å². The summed E-state index contributed by atoms with van der Waals surface area (Å²) in [5.41, 5.74) is 1.14. The largest absolute Gasteiger partial charge is 0.312 e. The number of pyridine rings is 1. The Morgan fingerprint density at radius 1 is 1.41 bits per heavy atom. The van der Waals surface area contributed by atoms with E-state index in [-0.39, 0.29) is 0 Å². The number of hydrogen-bond donors (Lipinski definition) is 1. The molecule has 2 unspecified atom stereocenters. The van der Waals surface area contributed by atoms with Crippen LogP contribution in [-0.4, -0.2) is 11.5 Å². The minimum absolute atomic E-state index is 0.761. The van der Waals surface area contributed by atoms with E-state index < -0.39 is 0 Å². The number of nitrogens with zero attached hydrogens (tertiary/aromatic N) is 1. The first-order valence-electron chi connectivity index (χ1n) is 6.56. The zero-order valence-electron chi connectivity index (χ0n) is 10.5. The maximum absolute atomic E-state index is 6.07. The molecular formula is C14H21ClN2. The van der Waals surface area contributed by atoms with Crippen LogP contribution in [0.15, 0.2) is 18.5 Å². The van der Waals surface area contributed by atoms with Crippen LogP contribution in [0.1, 0.15) is 38.2 Å². The Labute approximate surface area is 109 Å². The molecule has 0 spiro atoms. The lowest BCUT2D eigenvalue weighted by molar-refractivity contribution is 0.247. The topological polar surface area (TPSA) is 24.9 Å². The molecule has 1 aliphatic carbocycles. The highest BCUT2D eigenvalue weighted by Crippen LogP contribution is 2.28. The summed E-state index contributed by atoms with van der Waals surface area (Å²) in [6.07, 6.45) is 9.08. The molecule has 0 saturated heterocycles. The molecule has 1 fully saturated rings. The van der Waals surface area contributed by atoms with Gasteiger partial charge in [0.1, 0.15) is 0 Å². The van der Waals surface area contributed by atoms with E-state index in [0.29, 0.717) is 0 Å². The molecule has 1 heterocycles. The van der Waals surface area contributed by atoms with Crippen molar-refractivity contribution >= 4 is 11.6 Å². The van der Waals surface area contributed by atoms with Gasteiger partial charge in [-0.15, -0.1) is 0 Å². The summed E-state index contributed by atoms with van der Waals surface area (Å²) < 4.78 is 0. The van der Waals surface area contributed by atoms with Crippen LogP contribution in [0.3, 0.4) is 0 Å². The standard InChI is InChI=1S/C14H21ClN2/c1-11-4-2-3-5-12(11)8-17-9-13-6-7-16-10-14(13)15/h6-7,10-12,17H,2-5,8-9H2,1H3. The fourth-order valence-corrected chi connectivity index (χ4v) is 2.82. The minimum atomic E-state index is 0.761. The van der Waals surface area contributed by atoms with Gasteiger partial charge in [0.2, 0.25) is 0 Å². The van der Waals surface area contributed by atoms with Gasteiger partial charge in [0, 0.05) is 18.9 Å². The molecule has 1 aromatic heterocycles. The van der Waals surface area contributed by atoms with Gasteiger partial charge in [-0.2, -0.15) is 0 Å². The molecule has 2 nitrogen and oxygen atoms in total. The van der Waals surface area contributed by atoms with E-state index in [1.165, 1.54) is 25.7 Å². The minimum Gasteiger partial charge on any atom is -0.312 e. The van der Waals surface area contributed by atoms with Crippen LogP contribution in [0.2, 0.25) is 5.02 Å². The van der Waals surface area contributed by atoms with Crippen molar-refractivity contribution < 1.29 is 0 Å². The van der Waals surface area contributed by atoms with Gasteiger partial charge in [0.25, 0.3) is 0 Å². The third kappa shape index (κ3) is 3.68. The molecule has 1 saturated carbocycles. The van der Waals surface area contributed by atoms with Crippen molar-refractivity contribution in [3.05, 3.63) is 29.0 Å². The van der Waals surface area contributed by atoms with Crippen LogP contribution in [0, 0.1) is 11.8 Å². The number of halogens is 1. The second-order valence-corrected chi connectivity index (χ2v) is 5.53. The van der Waals surface area contributed by atoms with Crippen LogP contribution in [0.25, 0.3) is 0 Å². The summed E-state index contributed by atoms with van der Waals surface area (Å²) in [5, 5.41) is 4.29. The van der Waals surface area contributed by atoms with Crippen molar-refractivity contribution in [2.75, 3.05) is 6.54 Å². The SMILES string of the molecule is CC1CCCCC1CNCc1ccncc1Cl. The van der Waals surface area contributed by atoms with Crippen molar-refractivity contribution in [2.45, 2.75) is 39.2 Å². The molecule has 0 radical (unpaired) electrons. The fraction of sp³-hybridized carbons (Fsp3) is 0.643. The van der Waals surface area contributed by atoms with Gasteiger partial charge in [0.05, 0.1) is 5.02 Å². The number of hydrogen-bond acceptors (Lipinski definition) is 2. The highest BCUT2D eigenvalue weighted by molar-refractivity contribution is 6.31. The zero-order valence-corrected chi connectivity index (χ0v) is 11.2. The Balaban J connectivity index is 1.77. The van der Waals surface area contributed by atoms with E-state index in [2.05, 4.69) is 17.2 Å². The van der Waals surface area contributed by atoms with Gasteiger partial charge in [-0.25, -0.2) is 0 Å². The second kappa shape index (κ2) is 6.36. The van der Waals surface area contributed by atoms with Crippen LogP contribution < -0.4 is 5.32 Å². The molecule has 2 rings (SSSR count). The first-order chi connectivity index (χ1) is 8.27. The van der Waals surface area contributed by atoms with E-state index in [9.17, 15) is 0 Å². The predicted molar refractivity (Wildman–Crippen MR) is 72.1 cm³/mol. The molecule has 0 aromatic carbocycles. The molecule has 0 bridgehead atoms. The fourth-order valence-electron chi connectivity index (χ4n) is 2.64. The van der Waals surface area contributed by atoms with Gasteiger partial charge < -0.3 is 5.32 Å². The lowest BCUT2D eigenvalue weighted by atomic mass is 9.80. The summed E-state index contributed by atoms with van der Waals surface area (Å²) in [5.74, 6) is 1.70. The molecule has 0 amide bonds. The normalized spacial score (nSPS) is 24.8. The molecule has 1 aromatic rings. The molecule has 94 valence electrons. The summed E-state index contributed by atoms with van der Waals surface area (Å²) in [6, 6.07) is 1.99. The molecule has 1 N–H and O–H groups in total. The van der Waals surface area contributed by atoms with Gasteiger partial charge in [0.15, 0.2) is 0 Å². The van der Waals surface area contributed by atoms with Gasteiger partial charge >= 0.3 is 0 Å². The molecule has 2 atom stereocenters. The quantitative estimate of drug-likeness (QED) is 0.885. The van der Waals surface area contributed by atoms with Crippen LogP contribution >= 0.6 is 11.6 Å². The molecule has 0 aliphatic heterocycles. The average Bonchev–Trinajstić information content (AvgIpc) is 2.34. The Kier molecular flexibility index (Phi) is 4.81. The second-order valence-electron chi connectivity index (χ2n) is 5.12. The van der Waals surface area contributed by atoms with E-state index in [0.717, 1.165) is 35.5 Å². The third-order valence-electron chi connectivity index (χ3n) is 3.87. The highest BCUT2D eigenvalue weighted by Gasteiger charge is 2.20. The predicted octanol–water partition coefficient (Wildman–Crippen LogP) is 3.65. The molecule has 3 heteroatoms. The highest BCUT2D eigenvalue weighted by atomic mass is 35.5. The van der Waals surface area contributed by atoms with Crippen molar-refractivity contribution in [1.29, 1.82) is 0 Å². The first-order valence-corrected chi connectivity index (χ1v) is 6.94. The molecular weight excluding hydrogens is 232 g/mol. The number of nitrogens with one attached hydrogen (secondary N) is 1. The number of rotatable bonds is 4. The average molecular weight is 253 g/mol. The van der Waals surface area contributed by atoms with Crippen LogP contribution in [0.5, 0.6) is 0 Å². The van der Waals surface area contributed by atoms with Crippen molar-refractivity contribution in [2.24, 2.45) is 11.8 Å². The smallest absolute Gasteiger partial charge is 0.0634 e. The maximum atomic E-state index is 6.07. The van der Waals surface area contributed by atoms with Crippen LogP contribution in [0.4, 0.5) is 0 Å². The monoisotopic (exact) mass is 252 g/mol. The Bertz CT molecular complexity index is 354. The summed E-state index contributed by atoms with van der Waals surface area (Å²) in [4.78, 5) is 4.00. The van der Waals surface area contributed by atoms with E-state index in [1.807, 2.05) is 6.07 Å². The Hall–Kier alpha value is -0.600. The zero-order chi connectivity index (χ0) is 12.1. The van der Waals surface area contributed by atoms with Gasteiger partial charge in [-0.3, -0.25) is 4.98 Å². The Morgan fingerprint density at radius 2 is 2.24 bits per heavy atom. The van der Waals surface area contributed by atoms with Gasteiger partial charge in [-0.1, -0.05) is 37.8 Å². The van der Waals surface area contributed by atoms with Crippen molar-refractivity contribution in [3.63, 3.8) is 0 Å². The van der Waals surface area contributed by atoms with E-state index >= 15 is 0 Å². The maximum Gasteiger partial charge on any atom is 0.0634 e. The first kappa shape index (κ1) is 12.8.